The molecule has 1 aromatic rings. The van der Waals surface area contributed by atoms with Crippen molar-refractivity contribution < 1.29 is 13.9 Å². The normalized spacial score (nSPS) is 14.3. The van der Waals surface area contributed by atoms with E-state index >= 15 is 0 Å². The van der Waals surface area contributed by atoms with E-state index in [1.54, 1.807) is 6.92 Å². The van der Waals surface area contributed by atoms with Gasteiger partial charge in [-0.15, -0.1) is 0 Å². The number of carbonyl (C=O) groups is 1. The molecule has 3 heteroatoms. The van der Waals surface area contributed by atoms with E-state index < -0.39 is 18.5 Å². The zero-order valence-corrected chi connectivity index (χ0v) is 8.94. The minimum absolute atomic E-state index is 0.374. The van der Waals surface area contributed by atoms with Crippen molar-refractivity contribution in [2.24, 2.45) is 5.92 Å². The Hall–Kier alpha value is -1.38. The van der Waals surface area contributed by atoms with Crippen LogP contribution in [0.4, 0.5) is 4.39 Å². The average molecular weight is 210 g/mol. The Kier molecular flexibility index (Phi) is 4.28. The van der Waals surface area contributed by atoms with Gasteiger partial charge in [0.2, 0.25) is 0 Å². The van der Waals surface area contributed by atoms with Crippen LogP contribution in [0.1, 0.15) is 18.4 Å². The fourth-order valence-electron chi connectivity index (χ4n) is 1.56. The van der Waals surface area contributed by atoms with Crippen LogP contribution in [-0.4, -0.2) is 19.8 Å². The molecule has 15 heavy (non-hydrogen) atoms. The Morgan fingerprint density at radius 2 is 2.00 bits per heavy atom. The zero-order valence-electron chi connectivity index (χ0n) is 8.94. The number of halogens is 1. The standard InChI is InChI=1S/C12H15FO2/c1-9(12(14)15-2)11(8-13)10-6-4-3-5-7-10/h3-7,9,11H,8H2,1-2H3/t9-,11-/m0/s1. The third-order valence-electron chi connectivity index (χ3n) is 2.57. The molecule has 0 aromatic heterocycles. The second kappa shape index (κ2) is 5.49. The largest absolute Gasteiger partial charge is 0.469 e. The monoisotopic (exact) mass is 210 g/mol. The molecule has 0 N–H and O–H groups in total. The minimum atomic E-state index is -0.555. The van der Waals surface area contributed by atoms with E-state index in [1.165, 1.54) is 7.11 Å². The second-order valence-electron chi connectivity index (χ2n) is 3.48. The number of rotatable bonds is 4. The predicted molar refractivity (Wildman–Crippen MR) is 56.3 cm³/mol. The van der Waals surface area contributed by atoms with E-state index in [0.29, 0.717) is 0 Å². The molecule has 0 aliphatic heterocycles. The lowest BCUT2D eigenvalue weighted by molar-refractivity contribution is -0.145. The molecule has 0 unspecified atom stereocenters. The van der Waals surface area contributed by atoms with Gasteiger partial charge in [-0.2, -0.15) is 0 Å². The van der Waals surface area contributed by atoms with Crippen molar-refractivity contribution in [1.29, 1.82) is 0 Å². The summed E-state index contributed by atoms with van der Waals surface area (Å²) in [6.07, 6.45) is 0. The average Bonchev–Trinajstić information content (AvgIpc) is 2.30. The number of methoxy groups -OCH3 is 1. The van der Waals surface area contributed by atoms with E-state index in [0.717, 1.165) is 5.56 Å². The first-order valence-electron chi connectivity index (χ1n) is 4.89. The molecule has 0 spiro atoms. The maximum Gasteiger partial charge on any atom is 0.309 e. The molecule has 0 bridgehead atoms. The Bertz CT molecular complexity index is 311. The molecule has 0 amide bonds. The molecule has 0 aliphatic rings. The van der Waals surface area contributed by atoms with Crippen molar-refractivity contribution in [3.8, 4) is 0 Å². The summed E-state index contributed by atoms with van der Waals surface area (Å²) < 4.78 is 17.5. The molecular formula is C12H15FO2. The van der Waals surface area contributed by atoms with Crippen LogP contribution >= 0.6 is 0 Å². The van der Waals surface area contributed by atoms with Gasteiger partial charge in [0.25, 0.3) is 0 Å². The van der Waals surface area contributed by atoms with Gasteiger partial charge >= 0.3 is 5.97 Å². The van der Waals surface area contributed by atoms with Crippen molar-refractivity contribution in [3.63, 3.8) is 0 Å². The summed E-state index contributed by atoms with van der Waals surface area (Å²) in [5.41, 5.74) is 0.831. The van der Waals surface area contributed by atoms with E-state index in [-0.39, 0.29) is 5.97 Å². The second-order valence-corrected chi connectivity index (χ2v) is 3.48. The van der Waals surface area contributed by atoms with Crippen LogP contribution in [-0.2, 0) is 9.53 Å². The lowest BCUT2D eigenvalue weighted by Crippen LogP contribution is -2.22. The van der Waals surface area contributed by atoms with Gasteiger partial charge in [-0.25, -0.2) is 0 Å². The molecule has 1 aromatic carbocycles. The van der Waals surface area contributed by atoms with E-state index in [4.69, 9.17) is 0 Å². The molecule has 0 aliphatic carbocycles. The molecule has 2 nitrogen and oxygen atoms in total. The van der Waals surface area contributed by atoms with Gasteiger partial charge in [0, 0.05) is 5.92 Å². The first-order valence-corrected chi connectivity index (χ1v) is 4.89. The summed E-state index contributed by atoms with van der Waals surface area (Å²) in [6, 6.07) is 9.18. The summed E-state index contributed by atoms with van der Waals surface area (Å²) >= 11 is 0. The molecular weight excluding hydrogens is 195 g/mol. The predicted octanol–water partition coefficient (Wildman–Crippen LogP) is 2.55. The lowest BCUT2D eigenvalue weighted by atomic mass is 9.88. The SMILES string of the molecule is COC(=O)[C@@H](C)[C@H](CF)c1ccccc1. The first-order chi connectivity index (χ1) is 7.20. The molecule has 1 rings (SSSR count). The molecule has 0 fully saturated rings. The van der Waals surface area contributed by atoms with Gasteiger partial charge in [0.05, 0.1) is 19.7 Å². The smallest absolute Gasteiger partial charge is 0.309 e. The number of carbonyl (C=O) groups excluding carboxylic acids is 1. The quantitative estimate of drug-likeness (QED) is 0.714. The third kappa shape index (κ3) is 2.78. The van der Waals surface area contributed by atoms with Crippen LogP contribution in [0.15, 0.2) is 30.3 Å². The zero-order chi connectivity index (χ0) is 11.3. The molecule has 2 atom stereocenters. The third-order valence-corrected chi connectivity index (χ3v) is 2.57. The topological polar surface area (TPSA) is 26.3 Å². The van der Waals surface area contributed by atoms with Gasteiger partial charge in [0.1, 0.15) is 0 Å². The van der Waals surface area contributed by atoms with Gasteiger partial charge in [-0.3, -0.25) is 9.18 Å². The fourth-order valence-corrected chi connectivity index (χ4v) is 1.56. The minimum Gasteiger partial charge on any atom is -0.469 e. The summed E-state index contributed by atoms with van der Waals surface area (Å²) in [5.74, 6) is -1.25. The first kappa shape index (κ1) is 11.7. The highest BCUT2D eigenvalue weighted by atomic mass is 19.1. The van der Waals surface area contributed by atoms with Gasteiger partial charge in [-0.1, -0.05) is 37.3 Å². The Morgan fingerprint density at radius 3 is 2.47 bits per heavy atom. The fraction of sp³-hybridized carbons (Fsp3) is 0.417. The Labute approximate surface area is 89.1 Å². The highest BCUT2D eigenvalue weighted by molar-refractivity contribution is 5.73. The summed E-state index contributed by atoms with van der Waals surface area (Å²) in [4.78, 5) is 11.3. The summed E-state index contributed by atoms with van der Waals surface area (Å²) in [5, 5.41) is 0. The molecule has 0 saturated heterocycles. The molecule has 0 heterocycles. The number of hydrogen-bond donors (Lipinski definition) is 0. The van der Waals surface area contributed by atoms with E-state index in [2.05, 4.69) is 4.74 Å². The van der Waals surface area contributed by atoms with Crippen LogP contribution < -0.4 is 0 Å². The number of alkyl halides is 1. The molecule has 0 radical (unpaired) electrons. The number of benzene rings is 1. The number of hydrogen-bond acceptors (Lipinski definition) is 2. The Morgan fingerprint density at radius 1 is 1.40 bits per heavy atom. The van der Waals surface area contributed by atoms with Crippen LogP contribution in [0, 0.1) is 5.92 Å². The van der Waals surface area contributed by atoms with Crippen molar-refractivity contribution in [1.82, 2.24) is 0 Å². The van der Waals surface area contributed by atoms with Crippen molar-refractivity contribution in [2.75, 3.05) is 13.8 Å². The van der Waals surface area contributed by atoms with Gasteiger partial charge < -0.3 is 4.74 Å². The maximum atomic E-state index is 12.9. The molecule has 82 valence electrons. The Balaban J connectivity index is 2.85. The van der Waals surface area contributed by atoms with Gasteiger partial charge in [-0.05, 0) is 5.56 Å². The number of esters is 1. The van der Waals surface area contributed by atoms with E-state index in [9.17, 15) is 9.18 Å². The highest BCUT2D eigenvalue weighted by Crippen LogP contribution is 2.25. The number of ether oxygens (including phenoxy) is 1. The molecule has 0 saturated carbocycles. The lowest BCUT2D eigenvalue weighted by Gasteiger charge is -2.19. The van der Waals surface area contributed by atoms with Crippen molar-refractivity contribution in [2.45, 2.75) is 12.8 Å². The summed E-state index contributed by atoms with van der Waals surface area (Å²) in [7, 11) is 1.32. The van der Waals surface area contributed by atoms with Crippen molar-refractivity contribution in [3.05, 3.63) is 35.9 Å². The maximum absolute atomic E-state index is 12.9. The van der Waals surface area contributed by atoms with E-state index in [1.807, 2.05) is 30.3 Å². The highest BCUT2D eigenvalue weighted by Gasteiger charge is 2.25. The van der Waals surface area contributed by atoms with Crippen LogP contribution in [0.3, 0.4) is 0 Å². The summed E-state index contributed by atoms with van der Waals surface area (Å²) in [6.45, 7) is 1.13. The van der Waals surface area contributed by atoms with Crippen LogP contribution in [0.25, 0.3) is 0 Å². The van der Waals surface area contributed by atoms with Gasteiger partial charge in [0.15, 0.2) is 0 Å². The van der Waals surface area contributed by atoms with Crippen LogP contribution in [0.5, 0.6) is 0 Å². The van der Waals surface area contributed by atoms with Crippen LogP contribution in [0.2, 0.25) is 0 Å². The van der Waals surface area contributed by atoms with Crippen molar-refractivity contribution >= 4 is 5.97 Å².